The van der Waals surface area contributed by atoms with Crippen LogP contribution in [0.2, 0.25) is 5.02 Å². The normalized spacial score (nSPS) is 12.4. The van der Waals surface area contributed by atoms with Gasteiger partial charge in [-0.15, -0.1) is 0 Å². The first kappa shape index (κ1) is 15.0. The van der Waals surface area contributed by atoms with Gasteiger partial charge in [0.1, 0.15) is 5.82 Å². The molecule has 0 aromatic heterocycles. The Labute approximate surface area is 123 Å². The zero-order valence-corrected chi connectivity index (χ0v) is 12.1. The summed E-state index contributed by atoms with van der Waals surface area (Å²) in [5, 5.41) is 0.503. The lowest BCUT2D eigenvalue weighted by Crippen LogP contribution is -2.30. The van der Waals surface area contributed by atoms with Gasteiger partial charge in [-0.2, -0.15) is 0 Å². The molecule has 1 unspecified atom stereocenters. The molecule has 0 saturated carbocycles. The van der Waals surface area contributed by atoms with E-state index < -0.39 is 0 Å². The molecule has 0 spiro atoms. The van der Waals surface area contributed by atoms with E-state index in [4.69, 9.17) is 17.4 Å². The van der Waals surface area contributed by atoms with Crippen LogP contribution in [0.15, 0.2) is 42.5 Å². The van der Waals surface area contributed by atoms with Crippen LogP contribution in [0, 0.1) is 5.82 Å². The van der Waals surface area contributed by atoms with Crippen molar-refractivity contribution in [2.45, 2.75) is 25.8 Å². The molecule has 0 aliphatic rings. The topological polar surface area (TPSA) is 38.0 Å². The van der Waals surface area contributed by atoms with Crippen molar-refractivity contribution in [2.24, 2.45) is 5.84 Å². The lowest BCUT2D eigenvalue weighted by Gasteiger charge is -2.17. The van der Waals surface area contributed by atoms with Crippen LogP contribution in [-0.2, 0) is 12.8 Å². The third-order valence-electron chi connectivity index (χ3n) is 3.41. The predicted octanol–water partition coefficient (Wildman–Crippen LogP) is 3.79. The van der Waals surface area contributed by atoms with Gasteiger partial charge in [-0.3, -0.25) is 11.3 Å². The van der Waals surface area contributed by atoms with Gasteiger partial charge in [-0.05, 0) is 42.2 Å². The summed E-state index contributed by atoms with van der Waals surface area (Å²) in [6, 6.07) is 12.5. The van der Waals surface area contributed by atoms with E-state index >= 15 is 0 Å². The Morgan fingerprint density at radius 1 is 1.15 bits per heavy atom. The predicted molar refractivity (Wildman–Crippen MR) is 81.0 cm³/mol. The number of nitrogens with two attached hydrogens (primary N) is 1. The van der Waals surface area contributed by atoms with Crippen molar-refractivity contribution in [2.75, 3.05) is 0 Å². The van der Waals surface area contributed by atoms with E-state index in [0.29, 0.717) is 17.0 Å². The third kappa shape index (κ3) is 3.57. The SMILES string of the molecule is CCc1ccc(CC(NN)c2cc(Cl)ccc2F)cc1. The van der Waals surface area contributed by atoms with Gasteiger partial charge in [0.25, 0.3) is 0 Å². The number of benzene rings is 2. The van der Waals surface area contributed by atoms with Gasteiger partial charge in [0.15, 0.2) is 0 Å². The number of hydrazine groups is 1. The molecule has 2 aromatic carbocycles. The number of rotatable bonds is 5. The molecule has 0 aliphatic carbocycles. The smallest absolute Gasteiger partial charge is 0.128 e. The van der Waals surface area contributed by atoms with Gasteiger partial charge in [-0.1, -0.05) is 42.8 Å². The summed E-state index contributed by atoms with van der Waals surface area (Å²) >= 11 is 5.93. The van der Waals surface area contributed by atoms with Crippen molar-refractivity contribution >= 4 is 11.6 Å². The van der Waals surface area contributed by atoms with Crippen molar-refractivity contribution in [3.05, 3.63) is 70.0 Å². The number of nitrogens with one attached hydrogen (secondary N) is 1. The largest absolute Gasteiger partial charge is 0.271 e. The minimum Gasteiger partial charge on any atom is -0.271 e. The van der Waals surface area contributed by atoms with Crippen LogP contribution in [0.1, 0.15) is 29.7 Å². The summed E-state index contributed by atoms with van der Waals surface area (Å²) < 4.78 is 13.9. The Hall–Kier alpha value is -1.42. The maximum atomic E-state index is 13.9. The van der Waals surface area contributed by atoms with Crippen LogP contribution >= 0.6 is 11.6 Å². The van der Waals surface area contributed by atoms with Gasteiger partial charge < -0.3 is 0 Å². The van der Waals surface area contributed by atoms with Crippen molar-refractivity contribution in [3.63, 3.8) is 0 Å². The molecule has 1 atom stereocenters. The van der Waals surface area contributed by atoms with Gasteiger partial charge in [0.05, 0.1) is 6.04 Å². The van der Waals surface area contributed by atoms with Crippen LogP contribution in [0.3, 0.4) is 0 Å². The lowest BCUT2D eigenvalue weighted by atomic mass is 9.98. The second-order valence-electron chi connectivity index (χ2n) is 4.76. The highest BCUT2D eigenvalue weighted by atomic mass is 35.5. The van der Waals surface area contributed by atoms with E-state index in [9.17, 15) is 4.39 Å². The second kappa shape index (κ2) is 6.84. The van der Waals surface area contributed by atoms with Crippen LogP contribution in [-0.4, -0.2) is 0 Å². The summed E-state index contributed by atoms with van der Waals surface area (Å²) in [6.07, 6.45) is 1.61. The molecule has 20 heavy (non-hydrogen) atoms. The highest BCUT2D eigenvalue weighted by Gasteiger charge is 2.15. The van der Waals surface area contributed by atoms with Crippen molar-refractivity contribution in [1.82, 2.24) is 5.43 Å². The van der Waals surface area contributed by atoms with Gasteiger partial charge in [-0.25, -0.2) is 4.39 Å². The molecule has 106 valence electrons. The van der Waals surface area contributed by atoms with Crippen LogP contribution in [0.5, 0.6) is 0 Å². The molecule has 0 aliphatic heterocycles. The summed E-state index contributed by atoms with van der Waals surface area (Å²) in [4.78, 5) is 0. The first-order chi connectivity index (χ1) is 9.63. The molecule has 2 rings (SSSR count). The van der Waals surface area contributed by atoms with Gasteiger partial charge in [0, 0.05) is 10.6 Å². The zero-order chi connectivity index (χ0) is 14.5. The first-order valence-electron chi connectivity index (χ1n) is 6.63. The molecule has 0 radical (unpaired) electrons. The van der Waals surface area contributed by atoms with E-state index in [-0.39, 0.29) is 11.9 Å². The van der Waals surface area contributed by atoms with Gasteiger partial charge >= 0.3 is 0 Å². The molecule has 0 fully saturated rings. The lowest BCUT2D eigenvalue weighted by molar-refractivity contribution is 0.510. The number of hydrogen-bond donors (Lipinski definition) is 2. The Morgan fingerprint density at radius 3 is 2.40 bits per heavy atom. The summed E-state index contributed by atoms with van der Waals surface area (Å²) in [5.41, 5.74) is 5.53. The van der Waals surface area contributed by atoms with Gasteiger partial charge in [0.2, 0.25) is 0 Å². The monoisotopic (exact) mass is 292 g/mol. The molecule has 3 N–H and O–H groups in total. The van der Waals surface area contributed by atoms with E-state index in [1.165, 1.54) is 17.7 Å². The Morgan fingerprint density at radius 2 is 1.80 bits per heavy atom. The Balaban J connectivity index is 2.21. The average molecular weight is 293 g/mol. The fraction of sp³-hybridized carbons (Fsp3) is 0.250. The van der Waals surface area contributed by atoms with Crippen LogP contribution in [0.25, 0.3) is 0 Å². The highest BCUT2D eigenvalue weighted by Crippen LogP contribution is 2.24. The zero-order valence-electron chi connectivity index (χ0n) is 11.4. The molecule has 0 saturated heterocycles. The second-order valence-corrected chi connectivity index (χ2v) is 5.20. The van der Waals surface area contributed by atoms with Crippen LogP contribution in [0.4, 0.5) is 4.39 Å². The number of hydrogen-bond acceptors (Lipinski definition) is 2. The van der Waals surface area contributed by atoms with Crippen LogP contribution < -0.4 is 11.3 Å². The van der Waals surface area contributed by atoms with E-state index in [1.54, 1.807) is 6.07 Å². The van der Waals surface area contributed by atoms with Crippen molar-refractivity contribution in [3.8, 4) is 0 Å². The van der Waals surface area contributed by atoms with Crippen molar-refractivity contribution in [1.29, 1.82) is 0 Å². The molecule has 4 heteroatoms. The molecule has 2 nitrogen and oxygen atoms in total. The fourth-order valence-corrected chi connectivity index (χ4v) is 2.37. The standard InChI is InChI=1S/C16H18ClFN2/c1-2-11-3-5-12(6-4-11)9-16(20-19)14-10-13(17)7-8-15(14)18/h3-8,10,16,20H,2,9,19H2,1H3. The molecule has 2 aromatic rings. The summed E-state index contributed by atoms with van der Waals surface area (Å²) in [7, 11) is 0. The Bertz CT molecular complexity index is 569. The fourth-order valence-electron chi connectivity index (χ4n) is 2.19. The Kier molecular flexibility index (Phi) is 5.12. The number of aryl methyl sites for hydroxylation is 1. The quantitative estimate of drug-likeness (QED) is 0.650. The maximum absolute atomic E-state index is 13.9. The summed E-state index contributed by atoms with van der Waals surface area (Å²) in [5.74, 6) is 5.26. The average Bonchev–Trinajstić information content (AvgIpc) is 2.48. The maximum Gasteiger partial charge on any atom is 0.128 e. The first-order valence-corrected chi connectivity index (χ1v) is 7.00. The van der Waals surface area contributed by atoms with E-state index in [1.807, 2.05) is 12.1 Å². The summed E-state index contributed by atoms with van der Waals surface area (Å²) in [6.45, 7) is 2.11. The van der Waals surface area contributed by atoms with Crippen molar-refractivity contribution < 1.29 is 4.39 Å². The van der Waals surface area contributed by atoms with E-state index in [0.717, 1.165) is 12.0 Å². The molecular weight excluding hydrogens is 275 g/mol. The highest BCUT2D eigenvalue weighted by molar-refractivity contribution is 6.30. The molecular formula is C16H18ClFN2. The molecule has 0 amide bonds. The molecule has 0 bridgehead atoms. The molecule has 0 heterocycles. The minimum absolute atomic E-state index is 0.303. The minimum atomic E-state index is -0.304. The third-order valence-corrected chi connectivity index (χ3v) is 3.64. The van der Waals surface area contributed by atoms with E-state index in [2.05, 4.69) is 24.5 Å². The number of halogens is 2.